The van der Waals surface area contributed by atoms with Crippen molar-refractivity contribution >= 4 is 31.5 Å². The van der Waals surface area contributed by atoms with Gasteiger partial charge in [0, 0.05) is 31.0 Å². The number of aromatic amines is 1. The number of amides is 1. The Morgan fingerprint density at radius 1 is 1.28 bits per heavy atom. The van der Waals surface area contributed by atoms with Gasteiger partial charge in [-0.15, -0.1) is 0 Å². The fourth-order valence-corrected chi connectivity index (χ4v) is 6.08. The van der Waals surface area contributed by atoms with Crippen LogP contribution in [0.5, 0.6) is 0 Å². The van der Waals surface area contributed by atoms with Crippen LogP contribution in [0, 0.1) is 18.4 Å². The number of aromatic nitrogens is 4. The topological polar surface area (TPSA) is 137 Å². The average Bonchev–Trinajstić information content (AvgIpc) is 3.42. The molecule has 3 rings (SSSR count). The lowest BCUT2D eigenvalue weighted by atomic mass is 10.0. The van der Waals surface area contributed by atoms with Crippen molar-refractivity contribution in [3.8, 4) is 0 Å². The van der Waals surface area contributed by atoms with Crippen LogP contribution in [0.25, 0.3) is 16.0 Å². The van der Waals surface area contributed by atoms with Gasteiger partial charge in [0.25, 0.3) is 14.1 Å². The first-order valence-corrected chi connectivity index (χ1v) is 14.3. The van der Waals surface area contributed by atoms with Gasteiger partial charge in [-0.1, -0.05) is 20.8 Å². The first-order chi connectivity index (χ1) is 18.5. The highest BCUT2D eigenvalue weighted by Crippen LogP contribution is 2.47. The minimum atomic E-state index is -1.43. The van der Waals surface area contributed by atoms with Gasteiger partial charge in [0.1, 0.15) is 12.7 Å². The maximum absolute atomic E-state index is 12.7. The van der Waals surface area contributed by atoms with Crippen molar-refractivity contribution in [2.75, 3.05) is 32.2 Å². The number of ether oxygens (including phenoxy) is 2. The zero-order chi connectivity index (χ0) is 28.9. The summed E-state index contributed by atoms with van der Waals surface area (Å²) in [6, 6.07) is 0.356. The molecule has 2 aromatic rings. The normalized spacial score (nSPS) is 22.3. The monoisotopic (exact) mass is 565 g/mol. The lowest BCUT2D eigenvalue weighted by Crippen LogP contribution is -2.35. The number of carbonyl (C=O) groups is 1. The summed E-state index contributed by atoms with van der Waals surface area (Å²) in [6.45, 7) is 21.7. The molecule has 1 unspecified atom stereocenters. The fraction of sp³-hybridized carbons (Fsp3) is 0.720. The van der Waals surface area contributed by atoms with Crippen LogP contribution in [0.15, 0.2) is 11.1 Å². The second kappa shape index (κ2) is 13.7. The minimum Gasteiger partial charge on any atom is -0.376 e. The van der Waals surface area contributed by atoms with Crippen molar-refractivity contribution in [1.82, 2.24) is 24.2 Å². The van der Waals surface area contributed by atoms with Gasteiger partial charge in [-0.25, -0.2) is 16.2 Å². The molecule has 2 aromatic heterocycles. The van der Waals surface area contributed by atoms with Crippen molar-refractivity contribution in [3.05, 3.63) is 28.1 Å². The Morgan fingerprint density at radius 3 is 2.56 bits per heavy atom. The molecule has 0 spiro atoms. The molecule has 216 valence electrons. The molecule has 0 saturated carbocycles. The van der Waals surface area contributed by atoms with E-state index in [1.54, 1.807) is 25.5 Å². The van der Waals surface area contributed by atoms with Crippen LogP contribution in [-0.4, -0.2) is 81.3 Å². The SMILES string of the molecule is [C-]#[N+]CCOP(OC[C@H]1O[C@@H](n2cnc3c(=O)[nH]c(NC(=O)C(C)C)nc32)[C@H](OC)[C@@H]1C)N(C(C)C)C(C)C. The zero-order valence-corrected chi connectivity index (χ0v) is 24.8. The molecule has 3 heterocycles. The molecular formula is C25H40N7O6P. The summed E-state index contributed by atoms with van der Waals surface area (Å²) in [5.74, 6) is -0.594. The highest BCUT2D eigenvalue weighted by Gasteiger charge is 2.45. The van der Waals surface area contributed by atoms with Crippen molar-refractivity contribution in [3.63, 3.8) is 0 Å². The predicted molar refractivity (Wildman–Crippen MR) is 148 cm³/mol. The quantitative estimate of drug-likeness (QED) is 0.212. The highest BCUT2D eigenvalue weighted by atomic mass is 31.2. The van der Waals surface area contributed by atoms with Gasteiger partial charge >= 0.3 is 0 Å². The van der Waals surface area contributed by atoms with Gasteiger partial charge in [0.2, 0.25) is 18.4 Å². The number of fused-ring (bicyclic) bond motifs is 1. The number of nitrogens with zero attached hydrogens (tertiary/aromatic N) is 5. The Hall–Kier alpha value is -2.46. The van der Waals surface area contributed by atoms with E-state index in [2.05, 4.69) is 57.5 Å². The first kappa shape index (κ1) is 31.1. The number of methoxy groups -OCH3 is 1. The smallest absolute Gasteiger partial charge is 0.280 e. The number of imidazole rings is 1. The third kappa shape index (κ3) is 7.20. The van der Waals surface area contributed by atoms with E-state index < -0.39 is 20.3 Å². The van der Waals surface area contributed by atoms with E-state index in [1.165, 1.54) is 6.33 Å². The summed E-state index contributed by atoms with van der Waals surface area (Å²) in [5.41, 5.74) is -0.0684. The molecular weight excluding hydrogens is 525 g/mol. The molecule has 0 bridgehead atoms. The Kier molecular flexibility index (Phi) is 11.0. The van der Waals surface area contributed by atoms with E-state index in [-0.39, 0.29) is 78.9 Å². The van der Waals surface area contributed by atoms with Crippen molar-refractivity contribution in [2.45, 2.75) is 79.0 Å². The van der Waals surface area contributed by atoms with Crippen LogP contribution in [0.3, 0.4) is 0 Å². The number of anilines is 1. The number of nitrogens with one attached hydrogen (secondary N) is 2. The minimum absolute atomic E-state index is 0.0394. The van der Waals surface area contributed by atoms with Gasteiger partial charge in [0.15, 0.2) is 17.4 Å². The Labute approximate surface area is 230 Å². The van der Waals surface area contributed by atoms with E-state index >= 15 is 0 Å². The molecule has 2 N–H and O–H groups in total. The van der Waals surface area contributed by atoms with Crippen LogP contribution < -0.4 is 10.9 Å². The third-order valence-electron chi connectivity index (χ3n) is 6.45. The van der Waals surface area contributed by atoms with E-state index in [4.69, 9.17) is 25.1 Å². The van der Waals surface area contributed by atoms with E-state index in [1.807, 2.05) is 6.92 Å². The molecule has 0 aliphatic carbocycles. The molecule has 5 atom stereocenters. The van der Waals surface area contributed by atoms with E-state index in [9.17, 15) is 9.59 Å². The molecule has 1 saturated heterocycles. The molecule has 39 heavy (non-hydrogen) atoms. The summed E-state index contributed by atoms with van der Waals surface area (Å²) in [6.07, 6.45) is 0.126. The van der Waals surface area contributed by atoms with Crippen molar-refractivity contribution in [1.29, 1.82) is 0 Å². The molecule has 0 aromatic carbocycles. The van der Waals surface area contributed by atoms with E-state index in [0.717, 1.165) is 0 Å². The largest absolute Gasteiger partial charge is 0.376 e. The second-order valence-electron chi connectivity index (χ2n) is 10.3. The Morgan fingerprint density at radius 2 is 1.97 bits per heavy atom. The van der Waals surface area contributed by atoms with Gasteiger partial charge in [-0.2, -0.15) is 4.98 Å². The molecule has 1 aliphatic rings. The number of hydrogen-bond acceptors (Lipinski definition) is 9. The first-order valence-electron chi connectivity index (χ1n) is 13.1. The molecule has 14 heteroatoms. The summed E-state index contributed by atoms with van der Waals surface area (Å²) in [7, 11) is 0.179. The van der Waals surface area contributed by atoms with Gasteiger partial charge in [0.05, 0.1) is 19.0 Å². The van der Waals surface area contributed by atoms with E-state index in [0.29, 0.717) is 0 Å². The molecule has 1 aliphatic heterocycles. The third-order valence-corrected chi connectivity index (χ3v) is 8.52. The summed E-state index contributed by atoms with van der Waals surface area (Å²) < 4.78 is 28.4. The molecule has 13 nitrogen and oxygen atoms in total. The van der Waals surface area contributed by atoms with Gasteiger partial charge in [-0.05, 0) is 27.7 Å². The maximum atomic E-state index is 12.7. The predicted octanol–water partition coefficient (Wildman–Crippen LogP) is 3.56. The summed E-state index contributed by atoms with van der Waals surface area (Å²) >= 11 is 0. The van der Waals surface area contributed by atoms with Crippen LogP contribution in [0.2, 0.25) is 0 Å². The van der Waals surface area contributed by atoms with Crippen LogP contribution in [-0.2, 0) is 23.3 Å². The lowest BCUT2D eigenvalue weighted by Gasteiger charge is -2.36. The van der Waals surface area contributed by atoms with Crippen LogP contribution in [0.4, 0.5) is 5.95 Å². The van der Waals surface area contributed by atoms with Crippen LogP contribution in [0.1, 0.15) is 54.7 Å². The second-order valence-corrected chi connectivity index (χ2v) is 11.8. The average molecular weight is 566 g/mol. The maximum Gasteiger partial charge on any atom is 0.280 e. The summed E-state index contributed by atoms with van der Waals surface area (Å²) in [4.78, 5) is 39.5. The highest BCUT2D eigenvalue weighted by molar-refractivity contribution is 7.44. The van der Waals surface area contributed by atoms with Crippen LogP contribution >= 0.6 is 8.53 Å². The standard InChI is InChI=1S/C25H40N7O6P/c1-14(2)22(33)29-25-28-21-19(23(34)30-25)27-13-31(21)24-20(35-9)17(7)18(38-24)12-37-39(36-11-10-26-8)32(15(3)4)16(5)6/h13-18,20,24H,10-12H2,1-7,9H3,(H2,28,29,30,33,34)/t17-,18-,20-,24-,39?/m1/s1. The lowest BCUT2D eigenvalue weighted by molar-refractivity contribution is -0.118. The Balaban J connectivity index is 1.84. The van der Waals surface area contributed by atoms with Gasteiger partial charge in [-0.3, -0.25) is 24.5 Å². The molecule has 1 fully saturated rings. The van der Waals surface area contributed by atoms with Crippen molar-refractivity contribution in [2.24, 2.45) is 11.8 Å². The number of rotatable bonds is 13. The Bertz CT molecular complexity index is 1200. The molecule has 0 radical (unpaired) electrons. The number of carbonyl (C=O) groups excluding carboxylic acids is 1. The summed E-state index contributed by atoms with van der Waals surface area (Å²) in [5, 5.41) is 2.63. The van der Waals surface area contributed by atoms with Gasteiger partial charge < -0.3 is 23.4 Å². The number of H-pyrrole nitrogens is 1. The number of hydrogen-bond donors (Lipinski definition) is 2. The zero-order valence-electron chi connectivity index (χ0n) is 23.9. The fourth-order valence-electron chi connectivity index (χ4n) is 4.48. The van der Waals surface area contributed by atoms with Crippen molar-refractivity contribution < 1.29 is 23.3 Å². The molecule has 1 amide bonds.